The first-order valence-corrected chi connectivity index (χ1v) is 18.3. The molecule has 9 rings (SSSR count). The lowest BCUT2D eigenvalue weighted by Gasteiger charge is -2.14. The van der Waals surface area contributed by atoms with Gasteiger partial charge in [0.15, 0.2) is 5.82 Å². The van der Waals surface area contributed by atoms with Crippen molar-refractivity contribution in [2.75, 3.05) is 0 Å². The maximum atomic E-state index is 5.29. The van der Waals surface area contributed by atoms with Gasteiger partial charge in [0, 0.05) is 38.6 Å². The van der Waals surface area contributed by atoms with Crippen molar-refractivity contribution in [2.24, 2.45) is 0 Å². The summed E-state index contributed by atoms with van der Waals surface area (Å²) >= 11 is 0. The Labute approximate surface area is 314 Å². The second-order valence-electron chi connectivity index (χ2n) is 13.3. The largest absolute Gasteiger partial charge is 0.245 e. The predicted octanol–water partition coefficient (Wildman–Crippen LogP) is 13.0. The van der Waals surface area contributed by atoms with Crippen LogP contribution in [0, 0.1) is 0 Å². The summed E-state index contributed by atoms with van der Waals surface area (Å²) in [6, 6.07) is 57.2. The molecule has 0 N–H and O–H groups in total. The van der Waals surface area contributed by atoms with Gasteiger partial charge < -0.3 is 0 Å². The Balaban J connectivity index is 1.11. The van der Waals surface area contributed by atoms with E-state index in [0.29, 0.717) is 5.82 Å². The molecule has 0 amide bonds. The van der Waals surface area contributed by atoms with E-state index in [1.165, 1.54) is 10.9 Å². The fourth-order valence-corrected chi connectivity index (χ4v) is 7.24. The summed E-state index contributed by atoms with van der Waals surface area (Å²) < 4.78 is 0. The van der Waals surface area contributed by atoms with Gasteiger partial charge in [-0.15, -0.1) is 0 Å². The zero-order valence-electron chi connectivity index (χ0n) is 30.1. The molecule has 0 aliphatic heterocycles. The third-order valence-corrected chi connectivity index (χ3v) is 9.99. The highest BCUT2D eigenvalue weighted by Gasteiger charge is 2.15. The fourth-order valence-electron chi connectivity index (χ4n) is 7.24. The first-order chi connectivity index (χ1) is 26.7. The molecule has 0 radical (unpaired) electrons. The highest BCUT2D eigenvalue weighted by Crippen LogP contribution is 2.37. The van der Waals surface area contributed by atoms with Crippen molar-refractivity contribution in [1.29, 1.82) is 0 Å². The molecule has 256 valence electrons. The van der Waals surface area contributed by atoms with Crippen molar-refractivity contribution in [3.05, 3.63) is 188 Å². The van der Waals surface area contributed by atoms with Crippen molar-refractivity contribution in [1.82, 2.24) is 19.9 Å². The number of benzene rings is 6. The van der Waals surface area contributed by atoms with Crippen LogP contribution in [-0.4, -0.2) is 19.9 Å². The molecule has 0 saturated heterocycles. The molecule has 0 saturated carbocycles. The molecule has 54 heavy (non-hydrogen) atoms. The summed E-state index contributed by atoms with van der Waals surface area (Å²) in [6.45, 7) is 4.04. The van der Waals surface area contributed by atoms with Gasteiger partial charge in [-0.3, -0.25) is 0 Å². The zero-order valence-corrected chi connectivity index (χ0v) is 30.1. The van der Waals surface area contributed by atoms with Gasteiger partial charge in [0.25, 0.3) is 0 Å². The van der Waals surface area contributed by atoms with Gasteiger partial charge in [0.05, 0.1) is 33.8 Å². The van der Waals surface area contributed by atoms with Crippen molar-refractivity contribution in [3.8, 4) is 56.2 Å². The third-order valence-electron chi connectivity index (χ3n) is 9.99. The standard InChI is InChI=1S/C50H36N4/c1-3-13-33(4-2)50-53-46(36-16-9-6-10-17-36)32-47(54-50)37-22-20-34(21-23-37)40-28-29-43(42-19-12-11-18-41(40)42)45-31-27-39-25-24-38-26-30-44(35-14-7-5-8-15-35)51-48(38)49(39)52-45/h3-32H,1-2H3/b13-3-,33-4+. The highest BCUT2D eigenvalue weighted by atomic mass is 14.9. The molecule has 4 heteroatoms. The summed E-state index contributed by atoms with van der Waals surface area (Å²) in [6.07, 6.45) is 6.13. The molecule has 3 aromatic heterocycles. The second-order valence-corrected chi connectivity index (χ2v) is 13.3. The molecule has 9 aromatic rings. The van der Waals surface area contributed by atoms with E-state index >= 15 is 0 Å². The van der Waals surface area contributed by atoms with Gasteiger partial charge in [-0.25, -0.2) is 19.9 Å². The number of aromatic nitrogens is 4. The summed E-state index contributed by atoms with van der Waals surface area (Å²) in [5.74, 6) is 0.709. The van der Waals surface area contributed by atoms with Crippen LogP contribution < -0.4 is 0 Å². The fraction of sp³-hybridized carbons (Fsp3) is 0.0400. The van der Waals surface area contributed by atoms with Crippen LogP contribution in [0.25, 0.3) is 94.3 Å². The van der Waals surface area contributed by atoms with Crippen LogP contribution in [0.4, 0.5) is 0 Å². The molecule has 0 bridgehead atoms. The SMILES string of the molecule is C/C=C\C(=C/C)c1nc(-c2ccccc2)cc(-c2ccc(-c3ccc(-c4ccc5ccc6ccc(-c7ccccc7)nc6c5n4)c4ccccc34)cc2)n1. The number of hydrogen-bond acceptors (Lipinski definition) is 4. The minimum Gasteiger partial charge on any atom is -0.245 e. The number of allylic oxidation sites excluding steroid dienone is 4. The van der Waals surface area contributed by atoms with Crippen molar-refractivity contribution >= 4 is 38.2 Å². The van der Waals surface area contributed by atoms with E-state index in [0.717, 1.165) is 83.4 Å². The molecule has 0 atom stereocenters. The second kappa shape index (κ2) is 14.2. The van der Waals surface area contributed by atoms with E-state index in [9.17, 15) is 0 Å². The van der Waals surface area contributed by atoms with E-state index in [1.807, 2.05) is 56.3 Å². The average Bonchev–Trinajstić information content (AvgIpc) is 3.25. The Bertz CT molecular complexity index is 2870. The molecular formula is C50H36N4. The minimum absolute atomic E-state index is 0.709. The van der Waals surface area contributed by atoms with Crippen LogP contribution in [0.3, 0.4) is 0 Å². The van der Waals surface area contributed by atoms with Crippen LogP contribution in [0.5, 0.6) is 0 Å². The van der Waals surface area contributed by atoms with E-state index in [4.69, 9.17) is 19.9 Å². The lowest BCUT2D eigenvalue weighted by molar-refractivity contribution is 1.13. The summed E-state index contributed by atoms with van der Waals surface area (Å²) in [4.78, 5) is 20.4. The first-order valence-electron chi connectivity index (χ1n) is 18.3. The number of pyridine rings is 2. The molecule has 3 heterocycles. The minimum atomic E-state index is 0.709. The molecule has 4 nitrogen and oxygen atoms in total. The van der Waals surface area contributed by atoms with Gasteiger partial charge in [-0.1, -0.05) is 164 Å². The van der Waals surface area contributed by atoms with Gasteiger partial charge in [-0.05, 0) is 53.9 Å². The van der Waals surface area contributed by atoms with Crippen molar-refractivity contribution < 1.29 is 0 Å². The van der Waals surface area contributed by atoms with E-state index in [2.05, 4.69) is 140 Å². The molecule has 6 aromatic carbocycles. The van der Waals surface area contributed by atoms with Crippen LogP contribution in [0.2, 0.25) is 0 Å². The third kappa shape index (κ3) is 6.14. The predicted molar refractivity (Wildman–Crippen MR) is 226 cm³/mol. The van der Waals surface area contributed by atoms with Gasteiger partial charge in [-0.2, -0.15) is 0 Å². The Hall–Kier alpha value is -7.04. The number of fused-ring (bicyclic) bond motifs is 4. The quantitative estimate of drug-likeness (QED) is 0.123. The van der Waals surface area contributed by atoms with E-state index in [-0.39, 0.29) is 0 Å². The summed E-state index contributed by atoms with van der Waals surface area (Å²) in [7, 11) is 0. The molecule has 0 aliphatic carbocycles. The number of rotatable bonds is 7. The Morgan fingerprint density at radius 2 is 0.889 bits per heavy atom. The van der Waals surface area contributed by atoms with Crippen LogP contribution in [-0.2, 0) is 0 Å². The monoisotopic (exact) mass is 692 g/mol. The zero-order chi connectivity index (χ0) is 36.4. The number of nitrogens with zero attached hydrogens (tertiary/aromatic N) is 4. The summed E-state index contributed by atoms with van der Waals surface area (Å²) in [5.41, 5.74) is 13.0. The smallest absolute Gasteiger partial charge is 0.160 e. The number of hydrogen-bond donors (Lipinski definition) is 0. The normalized spacial score (nSPS) is 11.9. The molecule has 0 aliphatic rings. The lowest BCUT2D eigenvalue weighted by Crippen LogP contribution is -1.98. The Kier molecular flexibility index (Phi) is 8.62. The summed E-state index contributed by atoms with van der Waals surface area (Å²) in [5, 5.41) is 4.47. The van der Waals surface area contributed by atoms with Crippen LogP contribution in [0.1, 0.15) is 19.7 Å². The van der Waals surface area contributed by atoms with Crippen LogP contribution >= 0.6 is 0 Å². The molecule has 0 unspecified atom stereocenters. The van der Waals surface area contributed by atoms with Gasteiger partial charge in [0.2, 0.25) is 0 Å². The highest BCUT2D eigenvalue weighted by molar-refractivity contribution is 6.07. The topological polar surface area (TPSA) is 51.6 Å². The first kappa shape index (κ1) is 32.8. The maximum Gasteiger partial charge on any atom is 0.160 e. The van der Waals surface area contributed by atoms with Gasteiger partial charge in [0.1, 0.15) is 0 Å². The van der Waals surface area contributed by atoms with Crippen molar-refractivity contribution in [3.63, 3.8) is 0 Å². The molecule has 0 fully saturated rings. The average molecular weight is 693 g/mol. The van der Waals surface area contributed by atoms with Crippen molar-refractivity contribution in [2.45, 2.75) is 13.8 Å². The molecular weight excluding hydrogens is 657 g/mol. The van der Waals surface area contributed by atoms with Gasteiger partial charge >= 0.3 is 0 Å². The Morgan fingerprint density at radius 3 is 1.50 bits per heavy atom. The Morgan fingerprint density at radius 1 is 0.407 bits per heavy atom. The van der Waals surface area contributed by atoms with E-state index < -0.39 is 0 Å². The van der Waals surface area contributed by atoms with Crippen LogP contribution in [0.15, 0.2) is 182 Å². The maximum absolute atomic E-state index is 5.29. The molecule has 0 spiro atoms. The van der Waals surface area contributed by atoms with E-state index in [1.54, 1.807) is 0 Å². The lowest BCUT2D eigenvalue weighted by atomic mass is 9.93.